The lowest BCUT2D eigenvalue weighted by Crippen LogP contribution is -2.13. The maximum atomic E-state index is 12.1. The molecule has 2 aromatic carbocycles. The van der Waals surface area contributed by atoms with Crippen molar-refractivity contribution in [2.45, 2.75) is 6.42 Å². The van der Waals surface area contributed by atoms with Crippen LogP contribution in [0.25, 0.3) is 11.6 Å². The Labute approximate surface area is 132 Å². The number of hydrogen-bond acceptors (Lipinski definition) is 2. The monoisotopic (exact) mass is 312 g/mol. The Hall–Kier alpha value is -2.59. The third-order valence-corrected chi connectivity index (χ3v) is 3.67. The number of anilines is 1. The van der Waals surface area contributed by atoms with Gasteiger partial charge < -0.3 is 11.1 Å². The number of carbonyl (C=O) groups excluding carboxylic acids is 2. The predicted octanol–water partition coefficient (Wildman–Crippen LogP) is 2.86. The smallest absolute Gasteiger partial charge is 0.256 e. The summed E-state index contributed by atoms with van der Waals surface area (Å²) in [6.45, 7) is 0. The lowest BCUT2D eigenvalue weighted by molar-refractivity contribution is -0.117. The van der Waals surface area contributed by atoms with Crippen LogP contribution in [-0.4, -0.2) is 11.8 Å². The summed E-state index contributed by atoms with van der Waals surface area (Å²) in [6.07, 6.45) is 2.00. The van der Waals surface area contributed by atoms with Crippen LogP contribution in [0.4, 0.5) is 5.69 Å². The number of hydrogen-bond donors (Lipinski definition) is 2. The molecule has 0 unspecified atom stereocenters. The molecule has 22 heavy (non-hydrogen) atoms. The minimum absolute atomic E-state index is 0.154. The van der Waals surface area contributed by atoms with Gasteiger partial charge in [0.15, 0.2) is 0 Å². The van der Waals surface area contributed by atoms with Crippen molar-refractivity contribution in [1.82, 2.24) is 0 Å². The number of amides is 2. The molecule has 2 aromatic rings. The van der Waals surface area contributed by atoms with Gasteiger partial charge in [0.25, 0.3) is 5.91 Å². The summed E-state index contributed by atoms with van der Waals surface area (Å²) in [5.74, 6) is -0.525. The Bertz CT molecular complexity index is 795. The first-order valence-corrected chi connectivity index (χ1v) is 7.11. The maximum Gasteiger partial charge on any atom is 0.256 e. The first-order valence-electron chi connectivity index (χ1n) is 6.73. The minimum Gasteiger partial charge on any atom is -0.369 e. The highest BCUT2D eigenvalue weighted by Gasteiger charge is 2.24. The number of primary amides is 1. The predicted molar refractivity (Wildman–Crippen MR) is 87.3 cm³/mol. The zero-order chi connectivity index (χ0) is 15.7. The summed E-state index contributed by atoms with van der Waals surface area (Å²) in [5, 5.41) is 3.39. The van der Waals surface area contributed by atoms with Crippen LogP contribution in [0.5, 0.6) is 0 Å². The number of benzene rings is 2. The van der Waals surface area contributed by atoms with Crippen LogP contribution in [0, 0.1) is 0 Å². The molecule has 1 aliphatic rings. The molecule has 3 N–H and O–H groups in total. The van der Waals surface area contributed by atoms with Gasteiger partial charge in [0.2, 0.25) is 5.91 Å². The van der Waals surface area contributed by atoms with Crippen molar-refractivity contribution in [3.63, 3.8) is 0 Å². The van der Waals surface area contributed by atoms with E-state index in [1.54, 1.807) is 24.3 Å². The third-order valence-electron chi connectivity index (χ3n) is 3.43. The van der Waals surface area contributed by atoms with E-state index in [1.165, 1.54) is 0 Å². The summed E-state index contributed by atoms with van der Waals surface area (Å²) in [5.41, 5.74) is 8.99. The molecular weight excluding hydrogens is 300 g/mol. The molecule has 4 nitrogen and oxygen atoms in total. The van der Waals surface area contributed by atoms with E-state index in [9.17, 15) is 9.59 Å². The number of nitrogens with two attached hydrogens (primary N) is 1. The van der Waals surface area contributed by atoms with Crippen molar-refractivity contribution in [1.29, 1.82) is 0 Å². The summed E-state index contributed by atoms with van der Waals surface area (Å²) < 4.78 is 0. The first kappa shape index (κ1) is 14.4. The van der Waals surface area contributed by atoms with E-state index in [2.05, 4.69) is 5.32 Å². The van der Waals surface area contributed by atoms with Gasteiger partial charge in [-0.25, -0.2) is 0 Å². The van der Waals surface area contributed by atoms with Gasteiger partial charge in [0.05, 0.1) is 6.42 Å². The number of nitrogens with one attached hydrogen (secondary N) is 1. The van der Waals surface area contributed by atoms with Crippen LogP contribution < -0.4 is 11.1 Å². The number of rotatable bonds is 3. The van der Waals surface area contributed by atoms with Crippen LogP contribution >= 0.6 is 11.6 Å². The molecule has 0 radical (unpaired) electrons. The molecule has 0 fully saturated rings. The summed E-state index contributed by atoms with van der Waals surface area (Å²) >= 11 is 6.00. The SMILES string of the molecule is NC(=O)Cc1ccc(/C=C2/C(=O)Nc3ccc(Cl)cc32)cc1. The molecule has 0 saturated carbocycles. The first-order chi connectivity index (χ1) is 10.5. The highest BCUT2D eigenvalue weighted by atomic mass is 35.5. The largest absolute Gasteiger partial charge is 0.369 e. The van der Waals surface area contributed by atoms with Crippen molar-refractivity contribution in [3.05, 3.63) is 64.2 Å². The fourth-order valence-electron chi connectivity index (χ4n) is 2.40. The molecule has 0 aromatic heterocycles. The van der Waals surface area contributed by atoms with Crippen molar-refractivity contribution in [3.8, 4) is 0 Å². The van der Waals surface area contributed by atoms with Crippen molar-refractivity contribution < 1.29 is 9.59 Å². The zero-order valence-corrected chi connectivity index (χ0v) is 12.4. The van der Waals surface area contributed by atoms with E-state index in [-0.39, 0.29) is 18.2 Å². The average Bonchev–Trinajstić information content (AvgIpc) is 2.76. The molecule has 1 aliphatic heterocycles. The second kappa shape index (κ2) is 5.66. The zero-order valence-electron chi connectivity index (χ0n) is 11.6. The quantitative estimate of drug-likeness (QED) is 0.855. The Balaban J connectivity index is 1.94. The van der Waals surface area contributed by atoms with Gasteiger partial charge in [-0.3, -0.25) is 9.59 Å². The van der Waals surface area contributed by atoms with Crippen molar-refractivity contribution >= 4 is 40.8 Å². The highest BCUT2D eigenvalue weighted by Crippen LogP contribution is 2.34. The molecule has 0 atom stereocenters. The van der Waals surface area contributed by atoms with Gasteiger partial charge in [-0.05, 0) is 35.4 Å². The van der Waals surface area contributed by atoms with Gasteiger partial charge in [-0.1, -0.05) is 35.9 Å². The minimum atomic E-state index is -0.371. The van der Waals surface area contributed by atoms with E-state index in [4.69, 9.17) is 17.3 Å². The average molecular weight is 313 g/mol. The Morgan fingerprint density at radius 3 is 2.59 bits per heavy atom. The topological polar surface area (TPSA) is 72.2 Å². The molecule has 0 spiro atoms. The van der Waals surface area contributed by atoms with Crippen LogP contribution in [0.15, 0.2) is 42.5 Å². The van der Waals surface area contributed by atoms with Gasteiger partial charge >= 0.3 is 0 Å². The molecular formula is C17H13ClN2O2. The molecule has 0 aliphatic carbocycles. The Morgan fingerprint density at radius 1 is 1.18 bits per heavy atom. The van der Waals surface area contributed by atoms with Gasteiger partial charge in [-0.15, -0.1) is 0 Å². The van der Waals surface area contributed by atoms with Crippen molar-refractivity contribution in [2.24, 2.45) is 5.73 Å². The lowest BCUT2D eigenvalue weighted by Gasteiger charge is -2.01. The molecule has 1 heterocycles. The van der Waals surface area contributed by atoms with E-state index < -0.39 is 0 Å². The van der Waals surface area contributed by atoms with Crippen LogP contribution in [0.2, 0.25) is 5.02 Å². The summed E-state index contributed by atoms with van der Waals surface area (Å²) in [4.78, 5) is 23.0. The fourth-order valence-corrected chi connectivity index (χ4v) is 2.58. The summed E-state index contributed by atoms with van der Waals surface area (Å²) in [7, 11) is 0. The molecule has 0 saturated heterocycles. The summed E-state index contributed by atoms with van der Waals surface area (Å²) in [6, 6.07) is 12.6. The van der Waals surface area contributed by atoms with Gasteiger partial charge in [0, 0.05) is 21.8 Å². The standard InChI is InChI=1S/C17H13ClN2O2/c18-12-5-6-15-13(9-12)14(17(22)20-15)7-10-1-3-11(4-2-10)8-16(19)21/h1-7,9H,8H2,(H2,19,21)(H,20,22)/b14-7+. The van der Waals surface area contributed by atoms with Crippen molar-refractivity contribution in [2.75, 3.05) is 5.32 Å². The molecule has 3 rings (SSSR count). The molecule has 5 heteroatoms. The number of carbonyl (C=O) groups is 2. The van der Waals surface area contributed by atoms with E-state index in [1.807, 2.05) is 24.3 Å². The number of fused-ring (bicyclic) bond motifs is 1. The lowest BCUT2D eigenvalue weighted by atomic mass is 10.0. The third kappa shape index (κ3) is 2.87. The second-order valence-electron chi connectivity index (χ2n) is 5.09. The normalized spacial score (nSPS) is 14.8. The van der Waals surface area contributed by atoms with Gasteiger partial charge in [0.1, 0.15) is 0 Å². The molecule has 0 bridgehead atoms. The number of halogens is 1. The maximum absolute atomic E-state index is 12.1. The van der Waals surface area contributed by atoms with E-state index in [0.717, 1.165) is 22.4 Å². The van der Waals surface area contributed by atoms with Crippen LogP contribution in [0.3, 0.4) is 0 Å². The Morgan fingerprint density at radius 2 is 1.91 bits per heavy atom. The van der Waals surface area contributed by atoms with Crippen LogP contribution in [0.1, 0.15) is 16.7 Å². The van der Waals surface area contributed by atoms with E-state index >= 15 is 0 Å². The fraction of sp³-hybridized carbons (Fsp3) is 0.0588. The second-order valence-corrected chi connectivity index (χ2v) is 5.52. The van der Waals surface area contributed by atoms with Crippen LogP contribution in [-0.2, 0) is 16.0 Å². The highest BCUT2D eigenvalue weighted by molar-refractivity contribution is 6.36. The van der Waals surface area contributed by atoms with E-state index in [0.29, 0.717) is 10.6 Å². The molecule has 2 amide bonds. The molecule has 110 valence electrons. The Kier molecular flexibility index (Phi) is 3.69. The van der Waals surface area contributed by atoms with Gasteiger partial charge in [-0.2, -0.15) is 0 Å².